The molecule has 1 aliphatic rings. The molecule has 0 aliphatic carbocycles. The van der Waals surface area contributed by atoms with E-state index in [1.165, 1.54) is 12.1 Å². The van der Waals surface area contributed by atoms with E-state index in [4.69, 9.17) is 23.2 Å². The van der Waals surface area contributed by atoms with Crippen LogP contribution in [0, 0.1) is 5.82 Å². The quantitative estimate of drug-likeness (QED) is 0.856. The first-order valence-corrected chi connectivity index (χ1v) is 7.56. The van der Waals surface area contributed by atoms with Crippen LogP contribution < -0.4 is 5.32 Å². The van der Waals surface area contributed by atoms with E-state index in [0.29, 0.717) is 36.2 Å². The molecule has 1 aromatic carbocycles. The molecule has 3 rings (SSSR count). The Balaban J connectivity index is 2.16. The van der Waals surface area contributed by atoms with Gasteiger partial charge in [0.25, 0.3) is 0 Å². The first-order valence-electron chi connectivity index (χ1n) is 6.75. The van der Waals surface area contributed by atoms with E-state index in [1.807, 2.05) is 11.5 Å². The molecule has 1 aromatic heterocycles. The monoisotopic (exact) mass is 329 g/mol. The Labute approximate surface area is 131 Å². The van der Waals surface area contributed by atoms with Gasteiger partial charge in [0.1, 0.15) is 11.6 Å². The zero-order valence-electron chi connectivity index (χ0n) is 11.4. The van der Waals surface area contributed by atoms with Crippen molar-refractivity contribution < 1.29 is 9.18 Å². The number of hydrogen-bond donors (Lipinski definition) is 1. The number of benzene rings is 1. The smallest absolute Gasteiger partial charge is 0.220 e. The highest BCUT2D eigenvalue weighted by atomic mass is 35.5. The number of aromatic nitrogens is 2. The van der Waals surface area contributed by atoms with Crippen molar-refractivity contribution in [3.05, 3.63) is 28.8 Å². The van der Waals surface area contributed by atoms with E-state index in [9.17, 15) is 9.18 Å². The van der Waals surface area contributed by atoms with Crippen LogP contribution in [0.5, 0.6) is 0 Å². The van der Waals surface area contributed by atoms with Gasteiger partial charge in [-0.25, -0.2) is 9.37 Å². The number of halogens is 3. The van der Waals surface area contributed by atoms with Crippen molar-refractivity contribution in [1.82, 2.24) is 14.9 Å². The molecule has 2 aromatic rings. The number of imidazole rings is 1. The molecule has 2 unspecified atom stereocenters. The predicted octanol–water partition coefficient (Wildman–Crippen LogP) is 3.58. The van der Waals surface area contributed by atoms with Gasteiger partial charge in [-0.2, -0.15) is 0 Å². The summed E-state index contributed by atoms with van der Waals surface area (Å²) >= 11 is 12.0. The van der Waals surface area contributed by atoms with Gasteiger partial charge in [0.2, 0.25) is 5.91 Å². The molecule has 2 atom stereocenters. The molecule has 0 spiro atoms. The van der Waals surface area contributed by atoms with Crippen LogP contribution in [0.3, 0.4) is 0 Å². The van der Waals surface area contributed by atoms with Crippen molar-refractivity contribution in [1.29, 1.82) is 0 Å². The second-order valence-electron chi connectivity index (χ2n) is 5.21. The fourth-order valence-corrected chi connectivity index (χ4v) is 3.03. The van der Waals surface area contributed by atoms with Gasteiger partial charge < -0.3 is 9.88 Å². The minimum Gasteiger partial charge on any atom is -0.354 e. The number of alkyl halides is 1. The van der Waals surface area contributed by atoms with E-state index >= 15 is 0 Å². The molecular weight excluding hydrogens is 316 g/mol. The molecule has 7 heteroatoms. The third-order valence-corrected chi connectivity index (χ3v) is 4.20. The fourth-order valence-electron chi connectivity index (χ4n) is 2.71. The van der Waals surface area contributed by atoms with Crippen LogP contribution in [0.4, 0.5) is 4.39 Å². The minimum atomic E-state index is -0.487. The molecule has 1 N–H and O–H groups in total. The van der Waals surface area contributed by atoms with Crippen LogP contribution >= 0.6 is 23.2 Å². The summed E-state index contributed by atoms with van der Waals surface area (Å²) in [5, 5.41) is 2.54. The van der Waals surface area contributed by atoms with Crippen molar-refractivity contribution in [3.8, 4) is 0 Å². The maximum absolute atomic E-state index is 13.8. The molecular formula is C14H14Cl2FN3O. The van der Waals surface area contributed by atoms with Gasteiger partial charge in [-0.1, -0.05) is 11.6 Å². The number of nitrogens with one attached hydrogen (secondary N) is 1. The first-order chi connectivity index (χ1) is 9.97. The molecule has 21 heavy (non-hydrogen) atoms. The lowest BCUT2D eigenvalue weighted by atomic mass is 10.1. The third-order valence-electron chi connectivity index (χ3n) is 3.72. The number of hydrogen-bond acceptors (Lipinski definition) is 2. The Morgan fingerprint density at radius 3 is 2.90 bits per heavy atom. The van der Waals surface area contributed by atoms with Crippen molar-refractivity contribution in [3.63, 3.8) is 0 Å². The molecule has 1 aliphatic heterocycles. The highest BCUT2D eigenvalue weighted by Gasteiger charge is 2.26. The van der Waals surface area contributed by atoms with Crippen molar-refractivity contribution >= 4 is 40.1 Å². The number of amides is 1. The van der Waals surface area contributed by atoms with Gasteiger partial charge in [-0.15, -0.1) is 11.6 Å². The standard InChI is InChI=1S/C14H14Cl2FN3O/c1-7(15)14-19-11-4-9(16)10(17)5-12(11)20(14)8-2-3-13(21)18-6-8/h4-5,7-8H,2-3,6H2,1H3,(H,18,21). The third kappa shape index (κ3) is 2.60. The van der Waals surface area contributed by atoms with Crippen molar-refractivity contribution in [2.45, 2.75) is 31.2 Å². The Bertz CT molecular complexity index is 704. The van der Waals surface area contributed by atoms with Gasteiger partial charge in [0.15, 0.2) is 0 Å². The average Bonchev–Trinajstić information content (AvgIpc) is 2.79. The summed E-state index contributed by atoms with van der Waals surface area (Å²) in [5.74, 6) is 0.207. The number of fused-ring (bicyclic) bond motifs is 1. The van der Waals surface area contributed by atoms with E-state index in [-0.39, 0.29) is 22.3 Å². The van der Waals surface area contributed by atoms with Gasteiger partial charge >= 0.3 is 0 Å². The number of piperidine rings is 1. The highest BCUT2D eigenvalue weighted by molar-refractivity contribution is 6.31. The summed E-state index contributed by atoms with van der Waals surface area (Å²) in [6, 6.07) is 2.90. The first kappa shape index (κ1) is 14.6. The molecule has 0 saturated carbocycles. The molecule has 1 fully saturated rings. The Kier molecular flexibility index (Phi) is 3.80. The lowest BCUT2D eigenvalue weighted by Gasteiger charge is -2.26. The van der Waals surface area contributed by atoms with E-state index < -0.39 is 5.82 Å². The Morgan fingerprint density at radius 2 is 2.29 bits per heavy atom. The van der Waals surface area contributed by atoms with Crippen LogP contribution in [0.2, 0.25) is 5.02 Å². The Morgan fingerprint density at radius 1 is 1.52 bits per heavy atom. The summed E-state index contributed by atoms with van der Waals surface area (Å²) < 4.78 is 15.7. The van der Waals surface area contributed by atoms with E-state index in [2.05, 4.69) is 10.3 Å². The fraction of sp³-hybridized carbons (Fsp3) is 0.429. The van der Waals surface area contributed by atoms with Crippen LogP contribution in [0.1, 0.15) is 37.0 Å². The number of rotatable bonds is 2. The zero-order valence-corrected chi connectivity index (χ0v) is 12.9. The number of nitrogens with zero attached hydrogens (tertiary/aromatic N) is 2. The molecule has 1 amide bonds. The summed E-state index contributed by atoms with van der Waals surface area (Å²) in [7, 11) is 0. The van der Waals surface area contributed by atoms with Crippen LogP contribution in [0.15, 0.2) is 12.1 Å². The zero-order chi connectivity index (χ0) is 15.1. The average molecular weight is 330 g/mol. The second-order valence-corrected chi connectivity index (χ2v) is 6.27. The topological polar surface area (TPSA) is 46.9 Å². The highest BCUT2D eigenvalue weighted by Crippen LogP contribution is 2.32. The molecule has 2 heterocycles. The maximum Gasteiger partial charge on any atom is 0.220 e. The normalized spacial score (nSPS) is 20.6. The molecule has 4 nitrogen and oxygen atoms in total. The summed E-state index contributed by atoms with van der Waals surface area (Å²) in [6.45, 7) is 2.31. The lowest BCUT2D eigenvalue weighted by molar-refractivity contribution is -0.122. The number of carbonyl (C=O) groups is 1. The Hall–Kier alpha value is -1.33. The SMILES string of the molecule is CC(Cl)c1nc2cc(Cl)c(F)cc2n1C1CCC(=O)NC1. The minimum absolute atomic E-state index is 0.0180. The molecule has 1 saturated heterocycles. The molecule has 0 bridgehead atoms. The van der Waals surface area contributed by atoms with Gasteiger partial charge in [-0.3, -0.25) is 4.79 Å². The predicted molar refractivity (Wildman–Crippen MR) is 80.2 cm³/mol. The summed E-state index contributed by atoms with van der Waals surface area (Å²) in [5.41, 5.74) is 1.27. The van der Waals surface area contributed by atoms with E-state index in [1.54, 1.807) is 0 Å². The number of carbonyl (C=O) groups excluding carboxylic acids is 1. The second kappa shape index (κ2) is 5.46. The van der Waals surface area contributed by atoms with Crippen LogP contribution in [-0.4, -0.2) is 22.0 Å². The largest absolute Gasteiger partial charge is 0.354 e. The van der Waals surface area contributed by atoms with Gasteiger partial charge in [0, 0.05) is 19.0 Å². The lowest BCUT2D eigenvalue weighted by Crippen LogP contribution is -2.36. The van der Waals surface area contributed by atoms with Crippen molar-refractivity contribution in [2.75, 3.05) is 6.54 Å². The van der Waals surface area contributed by atoms with Gasteiger partial charge in [0.05, 0.1) is 27.5 Å². The molecule has 0 radical (unpaired) electrons. The van der Waals surface area contributed by atoms with Gasteiger partial charge in [-0.05, 0) is 19.4 Å². The molecule has 112 valence electrons. The van der Waals surface area contributed by atoms with Crippen LogP contribution in [-0.2, 0) is 4.79 Å². The van der Waals surface area contributed by atoms with E-state index in [0.717, 1.165) is 0 Å². The maximum atomic E-state index is 13.8. The summed E-state index contributed by atoms with van der Waals surface area (Å²) in [6.07, 6.45) is 1.12. The summed E-state index contributed by atoms with van der Waals surface area (Å²) in [4.78, 5) is 15.8. The van der Waals surface area contributed by atoms with Crippen molar-refractivity contribution in [2.24, 2.45) is 0 Å². The van der Waals surface area contributed by atoms with Crippen LogP contribution in [0.25, 0.3) is 11.0 Å².